The molecular weight excluding hydrogens is 336 g/mol. The number of carbonyl (C=O) groups excluding carboxylic acids is 1. The maximum absolute atomic E-state index is 12.7. The van der Waals surface area contributed by atoms with Crippen molar-refractivity contribution in [2.45, 2.75) is 38.5 Å². The van der Waals surface area contributed by atoms with Crippen LogP contribution in [0.5, 0.6) is 0 Å². The van der Waals surface area contributed by atoms with Crippen molar-refractivity contribution in [3.63, 3.8) is 0 Å². The molecule has 0 radical (unpaired) electrons. The molecular formula is C19H28N2O3S. The normalized spacial score (nSPS) is 22.2. The summed E-state index contributed by atoms with van der Waals surface area (Å²) in [6.07, 6.45) is 5.12. The second kappa shape index (κ2) is 8.32. The minimum absolute atomic E-state index is 0.154. The summed E-state index contributed by atoms with van der Waals surface area (Å²) < 4.78 is 26.9. The van der Waals surface area contributed by atoms with Gasteiger partial charge in [-0.25, -0.2) is 12.7 Å². The number of aryl methyl sites for hydroxylation is 1. The minimum atomic E-state index is -3.28. The highest BCUT2D eigenvalue weighted by atomic mass is 32.2. The van der Waals surface area contributed by atoms with Gasteiger partial charge in [0.15, 0.2) is 0 Å². The Hall–Kier alpha value is -1.40. The third kappa shape index (κ3) is 4.82. The monoisotopic (exact) mass is 364 g/mol. The lowest BCUT2D eigenvalue weighted by atomic mass is 9.98. The molecule has 1 atom stereocenters. The lowest BCUT2D eigenvalue weighted by Crippen LogP contribution is -2.46. The fraction of sp³-hybridized carbons (Fsp3) is 0.632. The van der Waals surface area contributed by atoms with E-state index in [0.717, 1.165) is 45.2 Å². The fourth-order valence-corrected chi connectivity index (χ4v) is 5.41. The summed E-state index contributed by atoms with van der Waals surface area (Å²) in [6.45, 7) is 2.58. The summed E-state index contributed by atoms with van der Waals surface area (Å²) in [7, 11) is -3.28. The number of benzene rings is 1. The zero-order valence-electron chi connectivity index (χ0n) is 14.8. The van der Waals surface area contributed by atoms with Gasteiger partial charge in [-0.1, -0.05) is 30.3 Å². The largest absolute Gasteiger partial charge is 0.342 e. The maximum Gasteiger partial charge on any atom is 0.227 e. The Morgan fingerprint density at radius 2 is 1.76 bits per heavy atom. The Balaban J connectivity index is 1.53. The lowest BCUT2D eigenvalue weighted by Gasteiger charge is -2.33. The molecule has 0 spiro atoms. The minimum Gasteiger partial charge on any atom is -0.342 e. The van der Waals surface area contributed by atoms with Crippen LogP contribution >= 0.6 is 0 Å². The summed E-state index contributed by atoms with van der Waals surface area (Å²) in [6, 6.07) is 9.97. The molecule has 3 rings (SSSR count). The van der Waals surface area contributed by atoms with E-state index < -0.39 is 10.0 Å². The molecule has 138 valence electrons. The number of hydrogen-bond donors (Lipinski definition) is 0. The van der Waals surface area contributed by atoms with Crippen molar-refractivity contribution in [3.8, 4) is 0 Å². The van der Waals surface area contributed by atoms with Gasteiger partial charge in [0.05, 0.1) is 11.7 Å². The van der Waals surface area contributed by atoms with Crippen molar-refractivity contribution >= 4 is 15.9 Å². The molecule has 1 aromatic carbocycles. The van der Waals surface area contributed by atoms with Gasteiger partial charge >= 0.3 is 0 Å². The van der Waals surface area contributed by atoms with Crippen LogP contribution in [-0.2, 0) is 21.2 Å². The van der Waals surface area contributed by atoms with Crippen molar-refractivity contribution in [3.05, 3.63) is 35.9 Å². The van der Waals surface area contributed by atoms with Crippen molar-refractivity contribution in [2.75, 3.05) is 31.9 Å². The second-order valence-corrected chi connectivity index (χ2v) is 9.22. The number of likely N-dealkylation sites (tertiary alicyclic amines) is 1. The van der Waals surface area contributed by atoms with E-state index in [0.29, 0.717) is 19.5 Å². The van der Waals surface area contributed by atoms with Gasteiger partial charge < -0.3 is 4.90 Å². The van der Waals surface area contributed by atoms with Crippen molar-refractivity contribution < 1.29 is 13.2 Å². The first-order valence-corrected chi connectivity index (χ1v) is 11.0. The molecule has 5 nitrogen and oxygen atoms in total. The molecule has 2 aliphatic rings. The Morgan fingerprint density at radius 3 is 2.48 bits per heavy atom. The Morgan fingerprint density at radius 1 is 1.04 bits per heavy atom. The molecule has 2 saturated heterocycles. The zero-order valence-corrected chi connectivity index (χ0v) is 15.6. The van der Waals surface area contributed by atoms with E-state index in [1.54, 1.807) is 4.31 Å². The summed E-state index contributed by atoms with van der Waals surface area (Å²) in [5, 5.41) is 0. The number of nitrogens with zero attached hydrogens (tertiary/aromatic N) is 2. The summed E-state index contributed by atoms with van der Waals surface area (Å²) >= 11 is 0. The molecule has 1 amide bonds. The quantitative estimate of drug-likeness (QED) is 0.778. The van der Waals surface area contributed by atoms with Crippen LogP contribution in [0.1, 0.15) is 37.7 Å². The van der Waals surface area contributed by atoms with Gasteiger partial charge in [-0.2, -0.15) is 0 Å². The number of sulfonamides is 1. The highest BCUT2D eigenvalue weighted by Crippen LogP contribution is 2.23. The molecule has 6 heteroatoms. The highest BCUT2D eigenvalue weighted by Gasteiger charge is 2.34. The number of hydrogen-bond acceptors (Lipinski definition) is 3. The summed E-state index contributed by atoms with van der Waals surface area (Å²) in [4.78, 5) is 14.5. The molecule has 1 unspecified atom stereocenters. The third-order valence-electron chi connectivity index (χ3n) is 5.26. The van der Waals surface area contributed by atoms with Gasteiger partial charge in [0, 0.05) is 26.2 Å². The van der Waals surface area contributed by atoms with Crippen molar-refractivity contribution in [2.24, 2.45) is 5.92 Å². The zero-order chi connectivity index (χ0) is 17.7. The smallest absolute Gasteiger partial charge is 0.227 e. The fourth-order valence-electron chi connectivity index (χ4n) is 3.82. The first-order chi connectivity index (χ1) is 12.1. The predicted octanol–water partition coefficient (Wildman–Crippen LogP) is 2.28. The second-order valence-electron chi connectivity index (χ2n) is 7.13. The number of amides is 1. The Labute approximate surface area is 151 Å². The third-order valence-corrected chi connectivity index (χ3v) is 7.18. The lowest BCUT2D eigenvalue weighted by molar-refractivity contribution is -0.135. The number of rotatable bonds is 6. The molecule has 0 N–H and O–H groups in total. The van der Waals surface area contributed by atoms with E-state index in [1.165, 1.54) is 5.56 Å². The van der Waals surface area contributed by atoms with Crippen LogP contribution in [0.25, 0.3) is 0 Å². The molecule has 0 aromatic heterocycles. The van der Waals surface area contributed by atoms with E-state index in [2.05, 4.69) is 0 Å². The van der Waals surface area contributed by atoms with Gasteiger partial charge in [-0.05, 0) is 44.1 Å². The molecule has 0 saturated carbocycles. The van der Waals surface area contributed by atoms with Crippen LogP contribution in [0.3, 0.4) is 0 Å². The summed E-state index contributed by atoms with van der Waals surface area (Å²) in [5.41, 5.74) is 1.17. The van der Waals surface area contributed by atoms with Gasteiger partial charge in [-0.15, -0.1) is 0 Å². The van der Waals surface area contributed by atoms with E-state index in [4.69, 9.17) is 0 Å². The van der Waals surface area contributed by atoms with Gasteiger partial charge in [0.2, 0.25) is 15.9 Å². The van der Waals surface area contributed by atoms with Crippen LogP contribution in [0.2, 0.25) is 0 Å². The van der Waals surface area contributed by atoms with E-state index in [1.807, 2.05) is 35.2 Å². The van der Waals surface area contributed by atoms with E-state index >= 15 is 0 Å². The predicted molar refractivity (Wildman–Crippen MR) is 98.7 cm³/mol. The van der Waals surface area contributed by atoms with Gasteiger partial charge in [-0.3, -0.25) is 4.79 Å². The van der Waals surface area contributed by atoms with Crippen molar-refractivity contribution in [1.82, 2.24) is 9.21 Å². The van der Waals surface area contributed by atoms with E-state index in [-0.39, 0.29) is 17.6 Å². The standard InChI is InChI=1S/C19H28N2O3S/c22-19(20-12-4-5-13-20)18-11-6-14-21(16-18)25(23,24)15-7-10-17-8-2-1-3-9-17/h1-3,8-9,18H,4-7,10-16H2. The van der Waals surface area contributed by atoms with Crippen LogP contribution in [0.4, 0.5) is 0 Å². The SMILES string of the molecule is O=C(C1CCCN(S(=O)(=O)CCCc2ccccc2)C1)N1CCCC1. The van der Waals surface area contributed by atoms with Crippen molar-refractivity contribution in [1.29, 1.82) is 0 Å². The topological polar surface area (TPSA) is 57.7 Å². The molecule has 0 bridgehead atoms. The Kier molecular flexibility index (Phi) is 6.12. The first-order valence-electron chi connectivity index (χ1n) is 9.37. The highest BCUT2D eigenvalue weighted by molar-refractivity contribution is 7.89. The molecule has 25 heavy (non-hydrogen) atoms. The van der Waals surface area contributed by atoms with Crippen LogP contribution in [0, 0.1) is 5.92 Å². The molecule has 2 fully saturated rings. The molecule has 1 aromatic rings. The Bertz CT molecular complexity index is 669. The van der Waals surface area contributed by atoms with Crippen LogP contribution in [0.15, 0.2) is 30.3 Å². The van der Waals surface area contributed by atoms with Gasteiger partial charge in [0.1, 0.15) is 0 Å². The van der Waals surface area contributed by atoms with Gasteiger partial charge in [0.25, 0.3) is 0 Å². The maximum atomic E-state index is 12.7. The molecule has 0 aliphatic carbocycles. The van der Waals surface area contributed by atoms with E-state index in [9.17, 15) is 13.2 Å². The first kappa shape index (κ1) is 18.4. The summed E-state index contributed by atoms with van der Waals surface area (Å²) in [5.74, 6) is 0.157. The number of piperidine rings is 1. The van der Waals surface area contributed by atoms with Crippen LogP contribution < -0.4 is 0 Å². The van der Waals surface area contributed by atoms with Crippen LogP contribution in [-0.4, -0.2) is 55.5 Å². The number of carbonyl (C=O) groups is 1. The molecule has 2 aliphatic heterocycles. The average molecular weight is 365 g/mol. The molecule has 2 heterocycles. The average Bonchev–Trinajstić information content (AvgIpc) is 3.17.